The van der Waals surface area contributed by atoms with Gasteiger partial charge in [-0.25, -0.2) is 0 Å². The highest BCUT2D eigenvalue weighted by molar-refractivity contribution is 5.62. The number of hydrogen-bond acceptors (Lipinski definition) is 3. The van der Waals surface area contributed by atoms with Gasteiger partial charge >= 0.3 is 0 Å². The molecule has 0 bridgehead atoms. The summed E-state index contributed by atoms with van der Waals surface area (Å²) in [5.41, 5.74) is 8.60. The van der Waals surface area contributed by atoms with Gasteiger partial charge in [0.05, 0.1) is 5.69 Å². The molecule has 0 amide bonds. The van der Waals surface area contributed by atoms with Gasteiger partial charge in [-0.15, -0.1) is 0 Å². The number of H-pyrrole nitrogens is 2. The van der Waals surface area contributed by atoms with Gasteiger partial charge in [0.1, 0.15) is 0 Å². The van der Waals surface area contributed by atoms with Gasteiger partial charge in [-0.3, -0.25) is 15.0 Å². The Balaban J connectivity index is 1.71. The van der Waals surface area contributed by atoms with Crippen molar-refractivity contribution < 1.29 is 0 Å². The first-order valence-electron chi connectivity index (χ1n) is 7.11. The van der Waals surface area contributed by atoms with Crippen LogP contribution in [0, 0.1) is 5.92 Å². The fraction of sp³-hybridized carbons (Fsp3) is 0.400. The van der Waals surface area contributed by atoms with E-state index in [0.29, 0.717) is 12.0 Å². The maximum Gasteiger partial charge on any atom is 0.264 e. The van der Waals surface area contributed by atoms with Crippen LogP contribution >= 0.6 is 0 Å². The van der Waals surface area contributed by atoms with Gasteiger partial charge < -0.3 is 11.1 Å². The molecule has 5 heteroatoms. The van der Waals surface area contributed by atoms with E-state index in [1.807, 2.05) is 24.3 Å². The van der Waals surface area contributed by atoms with Crippen molar-refractivity contribution in [3.63, 3.8) is 0 Å². The van der Waals surface area contributed by atoms with Crippen LogP contribution in [0.3, 0.4) is 0 Å². The van der Waals surface area contributed by atoms with Gasteiger partial charge in [0.2, 0.25) is 0 Å². The number of aromatic nitrogens is 2. The lowest BCUT2D eigenvalue weighted by Gasteiger charge is -2.20. The van der Waals surface area contributed by atoms with Gasteiger partial charge in [-0.2, -0.15) is 0 Å². The number of hydrogen-bond donors (Lipinski definition) is 4. The van der Waals surface area contributed by atoms with Crippen LogP contribution in [0.5, 0.6) is 0 Å². The van der Waals surface area contributed by atoms with Crippen LogP contribution in [0.2, 0.25) is 0 Å². The number of benzene rings is 1. The molecule has 0 aliphatic heterocycles. The summed E-state index contributed by atoms with van der Waals surface area (Å²) in [6.45, 7) is 0.750. The highest BCUT2D eigenvalue weighted by atomic mass is 16.1. The molecule has 0 saturated heterocycles. The summed E-state index contributed by atoms with van der Waals surface area (Å²) >= 11 is 0. The van der Waals surface area contributed by atoms with E-state index < -0.39 is 0 Å². The lowest BCUT2D eigenvalue weighted by Crippen LogP contribution is -2.29. The summed E-state index contributed by atoms with van der Waals surface area (Å²) in [5.74, 6) is 0.579. The molecule has 1 fully saturated rings. The van der Waals surface area contributed by atoms with Crippen LogP contribution in [-0.2, 0) is 0 Å². The fourth-order valence-corrected chi connectivity index (χ4v) is 2.96. The molecule has 1 aliphatic rings. The Morgan fingerprint density at radius 3 is 2.65 bits per heavy atom. The van der Waals surface area contributed by atoms with Gasteiger partial charge in [0.15, 0.2) is 0 Å². The predicted octanol–water partition coefficient (Wildman–Crippen LogP) is 1.91. The Hall–Kier alpha value is -2.01. The lowest BCUT2D eigenvalue weighted by atomic mass is 10.0. The molecule has 2 unspecified atom stereocenters. The average Bonchev–Trinajstić information content (AvgIpc) is 3.08. The first-order chi connectivity index (χ1) is 9.76. The van der Waals surface area contributed by atoms with E-state index in [4.69, 9.17) is 5.73 Å². The van der Waals surface area contributed by atoms with E-state index >= 15 is 0 Å². The molecule has 3 rings (SSSR count). The molecule has 0 radical (unpaired) electrons. The normalized spacial score (nSPS) is 22.1. The maximum atomic E-state index is 11.1. The van der Waals surface area contributed by atoms with Crippen molar-refractivity contribution in [1.29, 1.82) is 0 Å². The van der Waals surface area contributed by atoms with Crippen LogP contribution in [0.4, 0.5) is 5.69 Å². The molecular formula is C15H20N4O. The zero-order valence-corrected chi connectivity index (χ0v) is 11.4. The molecule has 2 aromatic rings. The van der Waals surface area contributed by atoms with Crippen LogP contribution in [-0.4, -0.2) is 22.8 Å². The summed E-state index contributed by atoms with van der Waals surface area (Å²) in [6, 6.07) is 10.2. The molecule has 5 nitrogen and oxygen atoms in total. The van der Waals surface area contributed by atoms with Crippen molar-refractivity contribution in [3.05, 3.63) is 40.7 Å². The number of aromatic amines is 2. The van der Waals surface area contributed by atoms with Gasteiger partial charge in [0.25, 0.3) is 5.56 Å². The van der Waals surface area contributed by atoms with E-state index in [1.54, 1.807) is 6.07 Å². The van der Waals surface area contributed by atoms with Crippen molar-refractivity contribution in [1.82, 2.24) is 10.2 Å². The maximum absolute atomic E-state index is 11.1. The van der Waals surface area contributed by atoms with E-state index in [-0.39, 0.29) is 5.56 Å². The minimum Gasteiger partial charge on any atom is -0.382 e. The monoisotopic (exact) mass is 272 g/mol. The van der Waals surface area contributed by atoms with Crippen LogP contribution in [0.15, 0.2) is 35.1 Å². The van der Waals surface area contributed by atoms with E-state index in [1.165, 1.54) is 19.3 Å². The second-order valence-corrected chi connectivity index (χ2v) is 5.43. The lowest BCUT2D eigenvalue weighted by molar-refractivity contribution is 0.516. The van der Waals surface area contributed by atoms with Crippen molar-refractivity contribution >= 4 is 5.69 Å². The SMILES string of the molecule is NCC1CCCC1Nc1ccc(-c2cc(=O)[nH][nH]2)cc1. The van der Waals surface area contributed by atoms with E-state index in [9.17, 15) is 4.79 Å². The Morgan fingerprint density at radius 1 is 1.20 bits per heavy atom. The predicted molar refractivity (Wildman–Crippen MR) is 80.7 cm³/mol. The zero-order chi connectivity index (χ0) is 13.9. The molecule has 1 aromatic heterocycles. The third kappa shape index (κ3) is 2.63. The molecule has 1 heterocycles. The Labute approximate surface area is 117 Å². The standard InChI is InChI=1S/C15H20N4O/c16-9-11-2-1-3-13(11)17-12-6-4-10(5-7-12)14-8-15(20)19-18-14/h4-8,11,13,17H,1-3,9,16H2,(H2,18,19,20). The third-order valence-electron chi connectivity index (χ3n) is 4.11. The number of nitrogens with one attached hydrogen (secondary N) is 3. The van der Waals surface area contributed by atoms with E-state index in [2.05, 4.69) is 15.5 Å². The smallest absolute Gasteiger partial charge is 0.264 e. The summed E-state index contributed by atoms with van der Waals surface area (Å²) in [6.07, 6.45) is 3.66. The molecule has 1 aromatic carbocycles. The minimum atomic E-state index is -0.112. The van der Waals surface area contributed by atoms with Crippen molar-refractivity contribution in [3.8, 4) is 11.3 Å². The molecule has 1 aliphatic carbocycles. The van der Waals surface area contributed by atoms with Crippen LogP contribution in [0.1, 0.15) is 19.3 Å². The highest BCUT2D eigenvalue weighted by Gasteiger charge is 2.25. The van der Waals surface area contributed by atoms with Gasteiger partial charge in [-0.05, 0) is 43.0 Å². The van der Waals surface area contributed by atoms with Crippen molar-refractivity contribution in [2.45, 2.75) is 25.3 Å². The Morgan fingerprint density at radius 2 is 2.00 bits per heavy atom. The molecule has 5 N–H and O–H groups in total. The Kier molecular flexibility index (Phi) is 3.60. The van der Waals surface area contributed by atoms with Crippen molar-refractivity contribution in [2.24, 2.45) is 11.7 Å². The van der Waals surface area contributed by atoms with Gasteiger partial charge in [-0.1, -0.05) is 18.6 Å². The molecule has 106 valence electrons. The van der Waals surface area contributed by atoms with Crippen molar-refractivity contribution in [2.75, 3.05) is 11.9 Å². The van der Waals surface area contributed by atoms with Gasteiger partial charge in [0, 0.05) is 17.8 Å². The minimum absolute atomic E-state index is 0.112. The number of nitrogens with two attached hydrogens (primary N) is 1. The Bertz CT molecular complexity index is 613. The topological polar surface area (TPSA) is 86.7 Å². The summed E-state index contributed by atoms with van der Waals surface area (Å²) in [5, 5.41) is 8.97. The second-order valence-electron chi connectivity index (χ2n) is 5.43. The largest absolute Gasteiger partial charge is 0.382 e. The summed E-state index contributed by atoms with van der Waals surface area (Å²) in [4.78, 5) is 11.1. The van der Waals surface area contributed by atoms with Crippen LogP contribution in [0.25, 0.3) is 11.3 Å². The summed E-state index contributed by atoms with van der Waals surface area (Å²) in [7, 11) is 0. The molecule has 2 atom stereocenters. The zero-order valence-electron chi connectivity index (χ0n) is 11.4. The molecule has 1 saturated carbocycles. The molecular weight excluding hydrogens is 252 g/mol. The number of anilines is 1. The first-order valence-corrected chi connectivity index (χ1v) is 7.11. The molecule has 20 heavy (non-hydrogen) atoms. The second kappa shape index (κ2) is 5.54. The molecule has 0 spiro atoms. The average molecular weight is 272 g/mol. The highest BCUT2D eigenvalue weighted by Crippen LogP contribution is 2.28. The first kappa shape index (κ1) is 13.0. The number of rotatable bonds is 4. The van der Waals surface area contributed by atoms with E-state index in [0.717, 1.165) is 23.5 Å². The fourth-order valence-electron chi connectivity index (χ4n) is 2.96. The third-order valence-corrected chi connectivity index (χ3v) is 4.11. The summed E-state index contributed by atoms with van der Waals surface area (Å²) < 4.78 is 0. The quantitative estimate of drug-likeness (QED) is 0.685. The van der Waals surface area contributed by atoms with Crippen LogP contribution < -0.4 is 16.6 Å².